The summed E-state index contributed by atoms with van der Waals surface area (Å²) in [5.41, 5.74) is 0.882. The molecule has 0 fully saturated rings. The van der Waals surface area contributed by atoms with Crippen molar-refractivity contribution >= 4 is 11.6 Å². The van der Waals surface area contributed by atoms with E-state index in [1.807, 2.05) is 30.3 Å². The van der Waals surface area contributed by atoms with E-state index >= 15 is 0 Å². The number of nitro benzene ring substituents is 1. The van der Waals surface area contributed by atoms with Crippen LogP contribution in [0, 0.1) is 10.1 Å². The van der Waals surface area contributed by atoms with Crippen LogP contribution in [0.2, 0.25) is 0 Å². The fraction of sp³-hybridized carbons (Fsp3) is 0.188. The van der Waals surface area contributed by atoms with E-state index in [0.717, 1.165) is 5.56 Å². The molecule has 1 atom stereocenters. The van der Waals surface area contributed by atoms with Crippen molar-refractivity contribution in [2.45, 2.75) is 12.5 Å². The number of carbonyl (C=O) groups excluding carboxylic acids is 1. The van der Waals surface area contributed by atoms with Gasteiger partial charge >= 0.3 is 0 Å². The van der Waals surface area contributed by atoms with Crippen molar-refractivity contribution in [2.24, 2.45) is 0 Å². The Morgan fingerprint density at radius 2 is 1.91 bits per heavy atom. The molecule has 0 aromatic heterocycles. The zero-order chi connectivity index (χ0) is 15.9. The molecule has 0 aliphatic carbocycles. The molecule has 2 aromatic carbocycles. The second-order valence-corrected chi connectivity index (χ2v) is 4.78. The molecule has 0 saturated carbocycles. The van der Waals surface area contributed by atoms with Crippen LogP contribution in [0.5, 0.6) is 0 Å². The number of hydrogen-bond donors (Lipinski definition) is 2. The van der Waals surface area contributed by atoms with Gasteiger partial charge in [-0.15, -0.1) is 0 Å². The molecule has 1 unspecified atom stereocenters. The summed E-state index contributed by atoms with van der Waals surface area (Å²) in [4.78, 5) is 22.1. The highest BCUT2D eigenvalue weighted by Crippen LogP contribution is 2.16. The SMILES string of the molecule is O=C(NCCC(O)c1ccccc1)c1cccc([N+](=O)[O-])c1. The predicted molar refractivity (Wildman–Crippen MR) is 81.4 cm³/mol. The highest BCUT2D eigenvalue weighted by molar-refractivity contribution is 5.94. The van der Waals surface area contributed by atoms with Gasteiger partial charge in [-0.05, 0) is 18.1 Å². The number of carbonyl (C=O) groups is 1. The molecule has 0 radical (unpaired) electrons. The van der Waals surface area contributed by atoms with E-state index in [0.29, 0.717) is 6.42 Å². The Morgan fingerprint density at radius 3 is 2.59 bits per heavy atom. The monoisotopic (exact) mass is 300 g/mol. The minimum absolute atomic E-state index is 0.128. The Labute approximate surface area is 127 Å². The predicted octanol–water partition coefficient (Wildman–Crippen LogP) is 2.45. The molecule has 6 nitrogen and oxygen atoms in total. The van der Waals surface area contributed by atoms with Gasteiger partial charge in [-0.2, -0.15) is 0 Å². The van der Waals surface area contributed by atoms with Gasteiger partial charge in [-0.3, -0.25) is 14.9 Å². The molecule has 1 amide bonds. The molecule has 0 heterocycles. The van der Waals surface area contributed by atoms with E-state index in [2.05, 4.69) is 5.32 Å². The first kappa shape index (κ1) is 15.7. The van der Waals surface area contributed by atoms with Gasteiger partial charge in [0.05, 0.1) is 11.0 Å². The van der Waals surface area contributed by atoms with Gasteiger partial charge in [-0.1, -0.05) is 36.4 Å². The number of hydrogen-bond acceptors (Lipinski definition) is 4. The highest BCUT2D eigenvalue weighted by Gasteiger charge is 2.12. The number of aliphatic hydroxyl groups excluding tert-OH is 1. The average molecular weight is 300 g/mol. The molecule has 0 bridgehead atoms. The number of amides is 1. The number of nitrogens with zero attached hydrogens (tertiary/aromatic N) is 1. The third kappa shape index (κ3) is 4.13. The number of nitrogens with one attached hydrogen (secondary N) is 1. The zero-order valence-corrected chi connectivity index (χ0v) is 11.8. The number of nitro groups is 1. The van der Waals surface area contributed by atoms with Gasteiger partial charge in [0.2, 0.25) is 0 Å². The highest BCUT2D eigenvalue weighted by atomic mass is 16.6. The minimum Gasteiger partial charge on any atom is -0.388 e. The van der Waals surface area contributed by atoms with Gasteiger partial charge in [0.1, 0.15) is 0 Å². The molecule has 0 aliphatic heterocycles. The van der Waals surface area contributed by atoms with Crippen LogP contribution in [0.3, 0.4) is 0 Å². The second-order valence-electron chi connectivity index (χ2n) is 4.78. The Hall–Kier alpha value is -2.73. The van der Waals surface area contributed by atoms with Crippen LogP contribution >= 0.6 is 0 Å². The van der Waals surface area contributed by atoms with E-state index in [1.165, 1.54) is 24.3 Å². The number of non-ortho nitro benzene ring substituents is 1. The molecule has 2 N–H and O–H groups in total. The van der Waals surface area contributed by atoms with E-state index in [1.54, 1.807) is 0 Å². The Balaban J connectivity index is 1.88. The number of benzene rings is 2. The molecule has 6 heteroatoms. The van der Waals surface area contributed by atoms with Crippen LogP contribution in [-0.4, -0.2) is 22.5 Å². The normalized spacial score (nSPS) is 11.7. The van der Waals surface area contributed by atoms with Crippen molar-refractivity contribution < 1.29 is 14.8 Å². The summed E-state index contributed by atoms with van der Waals surface area (Å²) in [6.07, 6.45) is -0.295. The molecule has 0 saturated heterocycles. The maximum absolute atomic E-state index is 11.9. The Morgan fingerprint density at radius 1 is 1.18 bits per heavy atom. The van der Waals surface area contributed by atoms with E-state index < -0.39 is 16.9 Å². The van der Waals surface area contributed by atoms with Crippen LogP contribution in [0.15, 0.2) is 54.6 Å². The number of rotatable bonds is 6. The van der Waals surface area contributed by atoms with Gasteiger partial charge in [-0.25, -0.2) is 0 Å². The lowest BCUT2D eigenvalue weighted by atomic mass is 10.1. The molecule has 114 valence electrons. The summed E-state index contributed by atoms with van der Waals surface area (Å²) >= 11 is 0. The lowest BCUT2D eigenvalue weighted by Gasteiger charge is -2.11. The van der Waals surface area contributed by atoms with Crippen LogP contribution in [0.4, 0.5) is 5.69 Å². The third-order valence-electron chi connectivity index (χ3n) is 3.21. The summed E-state index contributed by atoms with van der Waals surface area (Å²) in [5, 5.41) is 23.3. The van der Waals surface area contributed by atoms with Crippen LogP contribution < -0.4 is 5.32 Å². The van der Waals surface area contributed by atoms with Crippen LogP contribution in [0.25, 0.3) is 0 Å². The van der Waals surface area contributed by atoms with Crippen LogP contribution in [0.1, 0.15) is 28.4 Å². The molecule has 22 heavy (non-hydrogen) atoms. The van der Waals surface area contributed by atoms with Crippen molar-refractivity contribution in [1.82, 2.24) is 5.32 Å². The first-order valence-corrected chi connectivity index (χ1v) is 6.83. The zero-order valence-electron chi connectivity index (χ0n) is 11.8. The fourth-order valence-electron chi connectivity index (χ4n) is 2.03. The molecule has 0 spiro atoms. The van der Waals surface area contributed by atoms with Crippen molar-refractivity contribution in [1.29, 1.82) is 0 Å². The topological polar surface area (TPSA) is 92.5 Å². The first-order valence-electron chi connectivity index (χ1n) is 6.83. The molecule has 2 aromatic rings. The summed E-state index contributed by atoms with van der Waals surface area (Å²) in [6, 6.07) is 14.7. The summed E-state index contributed by atoms with van der Waals surface area (Å²) in [7, 11) is 0. The molecule has 0 aliphatic rings. The Kier molecular flexibility index (Phi) is 5.21. The second kappa shape index (κ2) is 7.33. The quantitative estimate of drug-likeness (QED) is 0.633. The van der Waals surface area contributed by atoms with Crippen molar-refractivity contribution in [2.75, 3.05) is 6.54 Å². The van der Waals surface area contributed by atoms with Crippen molar-refractivity contribution in [3.63, 3.8) is 0 Å². The van der Waals surface area contributed by atoms with E-state index in [-0.39, 0.29) is 17.8 Å². The Bertz CT molecular complexity index is 658. The van der Waals surface area contributed by atoms with Crippen LogP contribution in [-0.2, 0) is 0 Å². The van der Waals surface area contributed by atoms with Gasteiger partial charge in [0.15, 0.2) is 0 Å². The first-order chi connectivity index (χ1) is 10.6. The van der Waals surface area contributed by atoms with E-state index in [9.17, 15) is 20.0 Å². The largest absolute Gasteiger partial charge is 0.388 e. The summed E-state index contributed by atoms with van der Waals surface area (Å²) in [5.74, 6) is -0.399. The maximum atomic E-state index is 11.9. The van der Waals surface area contributed by atoms with Gasteiger partial charge in [0, 0.05) is 24.2 Å². The minimum atomic E-state index is -0.661. The number of aliphatic hydroxyl groups is 1. The van der Waals surface area contributed by atoms with Crippen molar-refractivity contribution in [3.05, 3.63) is 75.8 Å². The maximum Gasteiger partial charge on any atom is 0.270 e. The average Bonchev–Trinajstić information content (AvgIpc) is 2.55. The molecular formula is C16H16N2O4. The fourth-order valence-corrected chi connectivity index (χ4v) is 2.03. The third-order valence-corrected chi connectivity index (χ3v) is 3.21. The van der Waals surface area contributed by atoms with Gasteiger partial charge in [0.25, 0.3) is 11.6 Å². The molecule has 2 rings (SSSR count). The molecular weight excluding hydrogens is 284 g/mol. The smallest absolute Gasteiger partial charge is 0.270 e. The lowest BCUT2D eigenvalue weighted by Crippen LogP contribution is -2.25. The van der Waals surface area contributed by atoms with E-state index in [4.69, 9.17) is 0 Å². The van der Waals surface area contributed by atoms with Crippen molar-refractivity contribution in [3.8, 4) is 0 Å². The lowest BCUT2D eigenvalue weighted by molar-refractivity contribution is -0.384. The van der Waals surface area contributed by atoms with Gasteiger partial charge < -0.3 is 10.4 Å². The summed E-state index contributed by atoms with van der Waals surface area (Å²) in [6.45, 7) is 0.275. The standard InChI is InChI=1S/C16H16N2O4/c19-15(12-5-2-1-3-6-12)9-10-17-16(20)13-7-4-8-14(11-13)18(21)22/h1-8,11,15,19H,9-10H2,(H,17,20). The summed E-state index contributed by atoms with van der Waals surface area (Å²) < 4.78 is 0.